The minimum Gasteiger partial charge on any atom is -0.495 e. The van der Waals surface area contributed by atoms with E-state index in [0.717, 1.165) is 4.57 Å². The van der Waals surface area contributed by atoms with E-state index in [1.165, 1.54) is 13.3 Å². The molecule has 1 aromatic heterocycles. The van der Waals surface area contributed by atoms with Crippen LogP contribution in [-0.2, 0) is 0 Å². The summed E-state index contributed by atoms with van der Waals surface area (Å²) in [5, 5.41) is 10.4. The van der Waals surface area contributed by atoms with Gasteiger partial charge in [-0.15, -0.1) is 0 Å². The highest BCUT2D eigenvalue weighted by Gasteiger charge is 2.16. The van der Waals surface area contributed by atoms with E-state index in [4.69, 9.17) is 4.74 Å². The van der Waals surface area contributed by atoms with Crippen LogP contribution >= 0.6 is 0 Å². The van der Waals surface area contributed by atoms with Crippen molar-refractivity contribution in [1.29, 1.82) is 0 Å². The summed E-state index contributed by atoms with van der Waals surface area (Å²) in [6.45, 7) is 1.15. The van der Waals surface area contributed by atoms with Gasteiger partial charge in [-0.25, -0.2) is 9.36 Å². The van der Waals surface area contributed by atoms with Gasteiger partial charge in [0.1, 0.15) is 11.3 Å². The summed E-state index contributed by atoms with van der Waals surface area (Å²) >= 11 is 0. The van der Waals surface area contributed by atoms with Crippen LogP contribution in [0.5, 0.6) is 11.6 Å². The lowest BCUT2D eigenvalue weighted by Crippen LogP contribution is -2.31. The lowest BCUT2D eigenvalue weighted by atomic mass is 10.2. The number of ether oxygens (including phenoxy) is 1. The smallest absolute Gasteiger partial charge is 0.335 e. The maximum Gasteiger partial charge on any atom is 0.335 e. The van der Waals surface area contributed by atoms with E-state index in [2.05, 4.69) is 9.98 Å². The Bertz CT molecular complexity index is 852. The van der Waals surface area contributed by atoms with Crippen molar-refractivity contribution in [2.75, 3.05) is 34.3 Å². The number of aliphatic imine (C=N–C) groups is 1. The highest BCUT2D eigenvalue weighted by Crippen LogP contribution is 2.24. The molecule has 8 nitrogen and oxygen atoms in total. The van der Waals surface area contributed by atoms with Gasteiger partial charge in [-0.2, -0.15) is 0 Å². The monoisotopic (exact) mass is 332 g/mol. The number of nitrogens with zero attached hydrogens (tertiary/aromatic N) is 3. The normalized spacial score (nSPS) is 11.3. The van der Waals surface area contributed by atoms with Crippen molar-refractivity contribution in [3.63, 3.8) is 0 Å². The summed E-state index contributed by atoms with van der Waals surface area (Å²) in [7, 11) is 5.26. The molecule has 0 bridgehead atoms. The molecule has 0 saturated carbocycles. The van der Waals surface area contributed by atoms with Crippen molar-refractivity contribution in [3.8, 4) is 17.3 Å². The molecule has 0 amide bonds. The molecule has 24 heavy (non-hydrogen) atoms. The zero-order valence-electron chi connectivity index (χ0n) is 13.8. The Kier molecular flexibility index (Phi) is 5.54. The van der Waals surface area contributed by atoms with Crippen molar-refractivity contribution < 1.29 is 9.84 Å². The van der Waals surface area contributed by atoms with Gasteiger partial charge >= 0.3 is 5.69 Å². The molecule has 0 unspecified atom stereocenters. The second kappa shape index (κ2) is 7.60. The van der Waals surface area contributed by atoms with Gasteiger partial charge in [0.25, 0.3) is 5.56 Å². The average Bonchev–Trinajstić information content (AvgIpc) is 2.54. The minimum atomic E-state index is -0.757. The first-order valence-electron chi connectivity index (χ1n) is 7.32. The summed E-state index contributed by atoms with van der Waals surface area (Å²) in [6, 6.07) is 6.68. The van der Waals surface area contributed by atoms with Crippen molar-refractivity contribution >= 4 is 6.21 Å². The van der Waals surface area contributed by atoms with E-state index >= 15 is 0 Å². The lowest BCUT2D eigenvalue weighted by molar-refractivity contribution is 0.401. The average molecular weight is 332 g/mol. The number of H-pyrrole nitrogens is 1. The molecule has 2 rings (SSSR count). The molecule has 1 heterocycles. The Labute approximate surface area is 138 Å². The van der Waals surface area contributed by atoms with Crippen LogP contribution in [0.4, 0.5) is 0 Å². The molecule has 8 heteroatoms. The predicted molar refractivity (Wildman–Crippen MR) is 91.9 cm³/mol. The second-order valence-corrected chi connectivity index (χ2v) is 5.34. The molecular weight excluding hydrogens is 312 g/mol. The zero-order valence-corrected chi connectivity index (χ0v) is 13.8. The molecule has 2 aromatic rings. The number of hydrogen-bond donors (Lipinski definition) is 2. The predicted octanol–water partition coefficient (Wildman–Crippen LogP) is 0.220. The third-order valence-electron chi connectivity index (χ3n) is 3.34. The molecule has 0 radical (unpaired) electrons. The fourth-order valence-corrected chi connectivity index (χ4v) is 2.11. The third kappa shape index (κ3) is 3.72. The Hall–Kier alpha value is -2.87. The van der Waals surface area contributed by atoms with E-state index in [0.29, 0.717) is 24.5 Å². The first-order chi connectivity index (χ1) is 11.5. The standard InChI is InChI=1S/C16H20N4O4/c1-19(2)9-8-17-10-11-14(21)18-16(23)20(15(11)22)12-6-4-5-7-13(12)24-3/h4-7,10,22H,8-9H2,1-3H3,(H,18,21,23). The van der Waals surface area contributed by atoms with E-state index in [-0.39, 0.29) is 5.56 Å². The molecule has 128 valence electrons. The van der Waals surface area contributed by atoms with Crippen LogP contribution < -0.4 is 16.0 Å². The van der Waals surface area contributed by atoms with E-state index < -0.39 is 17.1 Å². The first kappa shape index (κ1) is 17.5. The van der Waals surface area contributed by atoms with Gasteiger partial charge in [0, 0.05) is 12.8 Å². The van der Waals surface area contributed by atoms with Crippen LogP contribution in [0.25, 0.3) is 5.69 Å². The summed E-state index contributed by atoms with van der Waals surface area (Å²) in [5.41, 5.74) is -1.22. The molecule has 0 aliphatic carbocycles. The largest absolute Gasteiger partial charge is 0.495 e. The molecule has 0 saturated heterocycles. The van der Waals surface area contributed by atoms with Crippen LogP contribution in [0, 0.1) is 0 Å². The van der Waals surface area contributed by atoms with Gasteiger partial charge in [0.15, 0.2) is 0 Å². The summed E-state index contributed by atoms with van der Waals surface area (Å²) in [4.78, 5) is 32.3. The SMILES string of the molecule is COc1ccccc1-n1c(O)c(C=NCCN(C)C)c(=O)[nH]c1=O. The van der Waals surface area contributed by atoms with Gasteiger partial charge in [-0.05, 0) is 26.2 Å². The molecule has 2 N–H and O–H groups in total. The number of methoxy groups -OCH3 is 1. The number of rotatable bonds is 6. The quantitative estimate of drug-likeness (QED) is 0.737. The van der Waals surface area contributed by atoms with E-state index in [1.54, 1.807) is 24.3 Å². The maximum atomic E-state index is 12.1. The number of aromatic amines is 1. The number of aromatic nitrogens is 2. The number of aromatic hydroxyl groups is 1. The Balaban J connectivity index is 2.53. The van der Waals surface area contributed by atoms with Crippen LogP contribution in [0.2, 0.25) is 0 Å². The second-order valence-electron chi connectivity index (χ2n) is 5.34. The van der Waals surface area contributed by atoms with E-state index in [9.17, 15) is 14.7 Å². The number of likely N-dealkylation sites (N-methyl/N-ethyl adjacent to an activating group) is 1. The molecule has 1 aromatic carbocycles. The van der Waals surface area contributed by atoms with Crippen molar-refractivity contribution in [1.82, 2.24) is 14.5 Å². The number of hydrogen-bond acceptors (Lipinski definition) is 6. The van der Waals surface area contributed by atoms with Crippen molar-refractivity contribution in [2.24, 2.45) is 4.99 Å². The van der Waals surface area contributed by atoms with Crippen LogP contribution in [0.15, 0.2) is 38.8 Å². The third-order valence-corrected chi connectivity index (χ3v) is 3.34. The summed E-state index contributed by atoms with van der Waals surface area (Å²) < 4.78 is 6.18. The van der Waals surface area contributed by atoms with Gasteiger partial charge in [0.2, 0.25) is 5.88 Å². The Morgan fingerprint density at radius 1 is 1.33 bits per heavy atom. The molecule has 0 aliphatic heterocycles. The highest BCUT2D eigenvalue weighted by atomic mass is 16.5. The van der Waals surface area contributed by atoms with Gasteiger partial charge in [-0.1, -0.05) is 12.1 Å². The Morgan fingerprint density at radius 3 is 2.71 bits per heavy atom. The molecular formula is C16H20N4O4. The Morgan fingerprint density at radius 2 is 2.04 bits per heavy atom. The molecule has 0 spiro atoms. The van der Waals surface area contributed by atoms with Crippen LogP contribution in [-0.4, -0.2) is 60.1 Å². The molecule has 0 fully saturated rings. The first-order valence-corrected chi connectivity index (χ1v) is 7.32. The summed E-state index contributed by atoms with van der Waals surface area (Å²) in [5.74, 6) is -0.0979. The minimum absolute atomic E-state index is 0.0840. The van der Waals surface area contributed by atoms with Crippen molar-refractivity contribution in [2.45, 2.75) is 0 Å². The lowest BCUT2D eigenvalue weighted by Gasteiger charge is -2.13. The zero-order chi connectivity index (χ0) is 17.7. The molecule has 0 aliphatic rings. The van der Waals surface area contributed by atoms with Gasteiger partial charge in [0.05, 0.1) is 19.3 Å². The van der Waals surface area contributed by atoms with E-state index in [1.807, 2.05) is 19.0 Å². The number of benzene rings is 1. The van der Waals surface area contributed by atoms with Crippen LogP contribution in [0.1, 0.15) is 5.56 Å². The number of para-hydroxylation sites is 2. The van der Waals surface area contributed by atoms with Gasteiger partial charge in [-0.3, -0.25) is 14.8 Å². The molecule has 0 atom stereocenters. The maximum absolute atomic E-state index is 12.1. The van der Waals surface area contributed by atoms with Gasteiger partial charge < -0.3 is 14.7 Å². The summed E-state index contributed by atoms with van der Waals surface area (Å²) in [6.07, 6.45) is 1.27. The van der Waals surface area contributed by atoms with Crippen molar-refractivity contribution in [3.05, 3.63) is 50.7 Å². The fraction of sp³-hybridized carbons (Fsp3) is 0.312. The number of nitrogens with one attached hydrogen (secondary N) is 1. The van der Waals surface area contributed by atoms with Crippen LogP contribution in [0.3, 0.4) is 0 Å². The highest BCUT2D eigenvalue weighted by molar-refractivity contribution is 5.82. The fourth-order valence-electron chi connectivity index (χ4n) is 2.11. The topological polar surface area (TPSA) is 99.9 Å².